The van der Waals surface area contributed by atoms with E-state index in [1.54, 1.807) is 7.05 Å². The van der Waals surface area contributed by atoms with Crippen molar-refractivity contribution in [1.82, 2.24) is 10.3 Å². The average Bonchev–Trinajstić information content (AvgIpc) is 2.48. The van der Waals surface area contributed by atoms with E-state index in [1.807, 2.05) is 0 Å². The normalized spacial score (nSPS) is 19.0. The first-order valence-electron chi connectivity index (χ1n) is 6.77. The maximum Gasteiger partial charge on any atom is 0.418 e. The lowest BCUT2D eigenvalue weighted by Gasteiger charge is -2.28. The number of nitrogens with zero attached hydrogens (tertiary/aromatic N) is 1. The fourth-order valence-electron chi connectivity index (χ4n) is 2.41. The van der Waals surface area contributed by atoms with Gasteiger partial charge in [-0.2, -0.15) is 13.2 Å². The number of halogens is 3. The number of anilines is 1. The molecular formula is C14H17F3N4O. The number of alkyl halides is 3. The van der Waals surface area contributed by atoms with Crippen molar-refractivity contribution in [2.75, 3.05) is 12.8 Å². The lowest BCUT2D eigenvalue weighted by atomic mass is 9.94. The highest BCUT2D eigenvalue weighted by Gasteiger charge is 2.32. The van der Waals surface area contributed by atoms with Gasteiger partial charge in [-0.3, -0.25) is 0 Å². The second-order valence-electron chi connectivity index (χ2n) is 4.94. The Kier molecular flexibility index (Phi) is 4.58. The zero-order valence-electron chi connectivity index (χ0n) is 12.0. The van der Waals surface area contributed by atoms with Gasteiger partial charge >= 0.3 is 6.18 Å². The van der Waals surface area contributed by atoms with E-state index in [9.17, 15) is 13.2 Å². The van der Waals surface area contributed by atoms with E-state index in [0.717, 1.165) is 24.5 Å². The maximum atomic E-state index is 12.7. The maximum absolute atomic E-state index is 12.7. The molecule has 1 aromatic heterocycles. The highest BCUT2D eigenvalue weighted by Crippen LogP contribution is 2.34. The van der Waals surface area contributed by atoms with Crippen LogP contribution < -0.4 is 15.8 Å². The smallest absolute Gasteiger partial charge is 0.418 e. The number of likely N-dealkylation sites (N-methyl/N-ethyl adjacent to an activating group) is 1. The third kappa shape index (κ3) is 3.32. The highest BCUT2D eigenvalue weighted by atomic mass is 19.4. The number of hydrogen-bond donors (Lipinski definition) is 3. The van der Waals surface area contributed by atoms with Gasteiger partial charge in [-0.25, -0.2) is 4.98 Å². The van der Waals surface area contributed by atoms with Crippen molar-refractivity contribution < 1.29 is 17.9 Å². The fraction of sp³-hybridized carbons (Fsp3) is 0.429. The van der Waals surface area contributed by atoms with E-state index >= 15 is 0 Å². The molecule has 0 amide bonds. The van der Waals surface area contributed by atoms with Crippen LogP contribution in [0.4, 0.5) is 19.0 Å². The lowest BCUT2D eigenvalue weighted by molar-refractivity contribution is -0.137. The third-order valence-electron chi connectivity index (χ3n) is 3.50. The molecule has 120 valence electrons. The molecule has 2 rings (SSSR count). The number of aromatic nitrogens is 1. The summed E-state index contributed by atoms with van der Waals surface area (Å²) >= 11 is 0. The zero-order valence-corrected chi connectivity index (χ0v) is 12.0. The Morgan fingerprint density at radius 3 is 2.82 bits per heavy atom. The number of nitrogens with one attached hydrogen (secondary N) is 2. The predicted octanol–water partition coefficient (Wildman–Crippen LogP) is 2.74. The largest absolute Gasteiger partial charge is 0.480 e. The summed E-state index contributed by atoms with van der Waals surface area (Å²) in [5, 5.41) is 10.4. The molecule has 0 aromatic carbocycles. The Balaban J connectivity index is 2.32. The Morgan fingerprint density at radius 1 is 1.50 bits per heavy atom. The SMILES string of the molecule is CNC1=C(C=N)CCCC1Oc1cc(C(F)(F)F)cnc1N. The van der Waals surface area contributed by atoms with Gasteiger partial charge in [0.1, 0.15) is 6.10 Å². The molecule has 0 radical (unpaired) electrons. The summed E-state index contributed by atoms with van der Waals surface area (Å²) in [6, 6.07) is 0.855. The first-order valence-corrected chi connectivity index (χ1v) is 6.77. The molecule has 0 saturated carbocycles. The Hall–Kier alpha value is -2.25. The second-order valence-corrected chi connectivity index (χ2v) is 4.94. The molecule has 1 atom stereocenters. The van der Waals surface area contributed by atoms with Crippen molar-refractivity contribution in [2.24, 2.45) is 0 Å². The molecule has 1 aromatic rings. The van der Waals surface area contributed by atoms with E-state index in [1.165, 1.54) is 6.21 Å². The van der Waals surface area contributed by atoms with Crippen molar-refractivity contribution >= 4 is 12.0 Å². The summed E-state index contributed by atoms with van der Waals surface area (Å²) in [5.41, 5.74) is 6.18. The minimum Gasteiger partial charge on any atom is -0.480 e. The number of ether oxygens (including phenoxy) is 1. The molecule has 5 nitrogen and oxygen atoms in total. The van der Waals surface area contributed by atoms with Gasteiger partial charge in [-0.1, -0.05) is 0 Å². The van der Waals surface area contributed by atoms with Gasteiger partial charge in [0.15, 0.2) is 11.6 Å². The number of rotatable bonds is 4. The van der Waals surface area contributed by atoms with Gasteiger partial charge in [0, 0.05) is 19.5 Å². The standard InChI is InChI=1S/C14H17F3N4O/c1-20-12-8(6-18)3-2-4-10(12)22-11-5-9(14(15,16)17)7-21-13(11)19/h5-7,10,18,20H,2-4H2,1H3,(H2,19,21). The fourth-order valence-corrected chi connectivity index (χ4v) is 2.41. The molecule has 1 heterocycles. The highest BCUT2D eigenvalue weighted by molar-refractivity contribution is 5.77. The number of nitrogens with two attached hydrogens (primary N) is 1. The van der Waals surface area contributed by atoms with Crippen molar-refractivity contribution in [3.05, 3.63) is 29.1 Å². The summed E-state index contributed by atoms with van der Waals surface area (Å²) in [6.45, 7) is 0. The molecule has 1 unspecified atom stereocenters. The molecule has 0 bridgehead atoms. The Morgan fingerprint density at radius 2 is 2.23 bits per heavy atom. The topological polar surface area (TPSA) is 84.0 Å². The van der Waals surface area contributed by atoms with Crippen molar-refractivity contribution in [2.45, 2.75) is 31.5 Å². The summed E-state index contributed by atoms with van der Waals surface area (Å²) in [5.74, 6) is -0.191. The van der Waals surface area contributed by atoms with Crippen LogP contribution in [-0.4, -0.2) is 24.4 Å². The molecule has 0 fully saturated rings. The first kappa shape index (κ1) is 16.1. The van der Waals surface area contributed by atoms with Crippen LogP contribution in [0.1, 0.15) is 24.8 Å². The van der Waals surface area contributed by atoms with Gasteiger partial charge in [0.25, 0.3) is 0 Å². The minimum absolute atomic E-state index is 0.0922. The summed E-state index contributed by atoms with van der Waals surface area (Å²) < 4.78 is 43.9. The molecule has 1 aliphatic rings. The lowest BCUT2D eigenvalue weighted by Crippen LogP contribution is -2.32. The van der Waals surface area contributed by atoms with Crippen LogP contribution in [0.2, 0.25) is 0 Å². The molecule has 4 N–H and O–H groups in total. The molecule has 22 heavy (non-hydrogen) atoms. The average molecular weight is 314 g/mol. The monoisotopic (exact) mass is 314 g/mol. The van der Waals surface area contributed by atoms with E-state index < -0.39 is 17.8 Å². The Labute approximate surface area is 125 Å². The molecule has 0 aliphatic heterocycles. The zero-order chi connectivity index (χ0) is 16.3. The van der Waals surface area contributed by atoms with Crippen molar-refractivity contribution in [3.8, 4) is 5.75 Å². The van der Waals surface area contributed by atoms with Crippen LogP contribution >= 0.6 is 0 Å². The van der Waals surface area contributed by atoms with E-state index in [2.05, 4.69) is 10.3 Å². The summed E-state index contributed by atoms with van der Waals surface area (Å²) in [7, 11) is 1.69. The minimum atomic E-state index is -4.51. The van der Waals surface area contributed by atoms with E-state index in [4.69, 9.17) is 15.9 Å². The van der Waals surface area contributed by atoms with Crippen LogP contribution in [-0.2, 0) is 6.18 Å². The molecular weight excluding hydrogens is 297 g/mol. The molecule has 0 spiro atoms. The number of hydrogen-bond acceptors (Lipinski definition) is 5. The van der Waals surface area contributed by atoms with Crippen LogP contribution in [0.3, 0.4) is 0 Å². The van der Waals surface area contributed by atoms with Gasteiger partial charge in [0.05, 0.1) is 11.3 Å². The van der Waals surface area contributed by atoms with Crippen LogP contribution in [0.25, 0.3) is 0 Å². The van der Waals surface area contributed by atoms with Crippen molar-refractivity contribution in [1.29, 1.82) is 5.41 Å². The van der Waals surface area contributed by atoms with Crippen LogP contribution in [0.5, 0.6) is 5.75 Å². The molecule has 0 saturated heterocycles. The van der Waals surface area contributed by atoms with Gasteiger partial charge in [0.2, 0.25) is 0 Å². The Bertz CT molecular complexity index is 598. The van der Waals surface area contributed by atoms with E-state index in [-0.39, 0.29) is 11.6 Å². The predicted molar refractivity (Wildman–Crippen MR) is 76.8 cm³/mol. The first-order chi connectivity index (χ1) is 10.4. The molecule has 8 heteroatoms. The number of pyridine rings is 1. The van der Waals surface area contributed by atoms with Crippen LogP contribution in [0.15, 0.2) is 23.5 Å². The molecule has 1 aliphatic carbocycles. The third-order valence-corrected chi connectivity index (χ3v) is 3.50. The second kappa shape index (κ2) is 6.25. The number of nitrogen functional groups attached to an aromatic ring is 1. The van der Waals surface area contributed by atoms with Crippen molar-refractivity contribution in [3.63, 3.8) is 0 Å². The quantitative estimate of drug-likeness (QED) is 0.746. The van der Waals surface area contributed by atoms with Gasteiger partial charge in [-0.15, -0.1) is 0 Å². The summed E-state index contributed by atoms with van der Waals surface area (Å²) in [4.78, 5) is 3.55. The van der Waals surface area contributed by atoms with Gasteiger partial charge < -0.3 is 21.2 Å². The number of allylic oxidation sites excluding steroid dienone is 1. The van der Waals surface area contributed by atoms with E-state index in [0.29, 0.717) is 18.3 Å². The van der Waals surface area contributed by atoms with Crippen LogP contribution in [0, 0.1) is 5.41 Å². The van der Waals surface area contributed by atoms with Gasteiger partial charge in [-0.05, 0) is 30.9 Å². The summed E-state index contributed by atoms with van der Waals surface area (Å²) in [6.07, 6.45) is -0.919.